The summed E-state index contributed by atoms with van der Waals surface area (Å²) in [7, 11) is -1.25. The predicted octanol–water partition coefficient (Wildman–Crippen LogP) is 2.39. The largest absolute Gasteiger partial charge is 0.417 e. The van der Waals surface area contributed by atoms with Crippen molar-refractivity contribution in [1.29, 1.82) is 0 Å². The Morgan fingerprint density at radius 1 is 1.59 bits per heavy atom. The summed E-state index contributed by atoms with van der Waals surface area (Å²) in [5.74, 6) is 0.111. The molecule has 0 bridgehead atoms. The van der Waals surface area contributed by atoms with Crippen molar-refractivity contribution in [3.8, 4) is 0 Å². The lowest BCUT2D eigenvalue weighted by Crippen LogP contribution is -2.39. The van der Waals surface area contributed by atoms with Crippen LogP contribution in [0, 0.1) is 0 Å². The van der Waals surface area contributed by atoms with Gasteiger partial charge in [-0.05, 0) is 31.4 Å². The molecule has 0 radical (unpaired) electrons. The van der Waals surface area contributed by atoms with Crippen LogP contribution >= 0.6 is 0 Å². The van der Waals surface area contributed by atoms with Crippen LogP contribution < -0.4 is 0 Å². The van der Waals surface area contributed by atoms with E-state index in [0.29, 0.717) is 6.42 Å². The average molecular weight is 256 g/mol. The normalized spacial score (nSPS) is 22.1. The van der Waals surface area contributed by atoms with E-state index >= 15 is 0 Å². The van der Waals surface area contributed by atoms with Gasteiger partial charge in [-0.3, -0.25) is 4.79 Å². The van der Waals surface area contributed by atoms with Crippen molar-refractivity contribution >= 4 is 14.8 Å². The van der Waals surface area contributed by atoms with E-state index in [0.717, 1.165) is 26.1 Å². The molecule has 0 aliphatic carbocycles. The number of carbonyl (C=O) groups excluding carboxylic acids is 1. The van der Waals surface area contributed by atoms with Gasteiger partial charge in [-0.1, -0.05) is 19.9 Å². The zero-order chi connectivity index (χ0) is 12.5. The second-order valence-corrected chi connectivity index (χ2v) is 7.25. The van der Waals surface area contributed by atoms with E-state index in [9.17, 15) is 4.79 Å². The molecule has 0 N–H and O–H groups in total. The van der Waals surface area contributed by atoms with Gasteiger partial charge in [0.1, 0.15) is 0 Å². The lowest BCUT2D eigenvalue weighted by molar-refractivity contribution is -0.115. The summed E-state index contributed by atoms with van der Waals surface area (Å²) in [5, 5.41) is 0. The van der Waals surface area contributed by atoms with E-state index in [4.69, 9.17) is 9.16 Å². The van der Waals surface area contributed by atoms with Gasteiger partial charge in [-0.15, -0.1) is 0 Å². The van der Waals surface area contributed by atoms with E-state index in [1.807, 2.05) is 0 Å². The van der Waals surface area contributed by atoms with Crippen molar-refractivity contribution in [2.24, 2.45) is 0 Å². The molecule has 0 aromatic carbocycles. The molecule has 1 rings (SSSR count). The minimum atomic E-state index is -1.25. The fourth-order valence-electron chi connectivity index (χ4n) is 2.09. The summed E-state index contributed by atoms with van der Waals surface area (Å²) in [6.45, 7) is 7.27. The minimum absolute atomic E-state index is 0.111. The molecule has 0 amide bonds. The van der Waals surface area contributed by atoms with Crippen LogP contribution in [0.25, 0.3) is 0 Å². The van der Waals surface area contributed by atoms with Crippen molar-refractivity contribution < 1.29 is 14.0 Å². The quantitative estimate of drug-likeness (QED) is 0.494. The molecule has 98 valence electrons. The molecule has 17 heavy (non-hydrogen) atoms. The molecule has 0 aromatic rings. The molecule has 1 heterocycles. The Bertz CT molecular complexity index is 237. The summed E-state index contributed by atoms with van der Waals surface area (Å²) in [4.78, 5) is 11.3. The first-order valence-corrected chi connectivity index (χ1v) is 8.61. The van der Waals surface area contributed by atoms with Gasteiger partial charge in [0.25, 0.3) is 0 Å². The third kappa shape index (κ3) is 5.61. The van der Waals surface area contributed by atoms with Gasteiger partial charge in [0.05, 0.1) is 5.73 Å². The van der Waals surface area contributed by atoms with Gasteiger partial charge in [-0.25, -0.2) is 0 Å². The lowest BCUT2D eigenvalue weighted by atomic mass is 10.2. The molecule has 3 nitrogen and oxygen atoms in total. The van der Waals surface area contributed by atoms with Crippen LogP contribution in [0.1, 0.15) is 39.0 Å². The molecule has 1 aliphatic heterocycles. The van der Waals surface area contributed by atoms with Crippen LogP contribution in [0.5, 0.6) is 0 Å². The average Bonchev–Trinajstić information content (AvgIpc) is 2.39. The highest BCUT2D eigenvalue weighted by molar-refractivity contribution is 6.53. The third-order valence-electron chi connectivity index (χ3n) is 3.07. The summed E-state index contributed by atoms with van der Waals surface area (Å²) in [6.07, 6.45) is 6.22. The summed E-state index contributed by atoms with van der Waals surface area (Å²) >= 11 is 0. The molecule has 4 heteroatoms. The second kappa shape index (κ2) is 8.61. The van der Waals surface area contributed by atoms with Crippen LogP contribution in [-0.4, -0.2) is 33.8 Å². The third-order valence-corrected chi connectivity index (χ3v) is 6.06. The van der Waals surface area contributed by atoms with E-state index < -0.39 is 9.04 Å². The first kappa shape index (κ1) is 14.6. The monoisotopic (exact) mass is 256 g/mol. The minimum Gasteiger partial charge on any atom is -0.417 e. The van der Waals surface area contributed by atoms with Gasteiger partial charge < -0.3 is 9.16 Å². The Labute approximate surface area is 106 Å². The van der Waals surface area contributed by atoms with E-state index in [2.05, 4.69) is 13.5 Å². The zero-order valence-electron chi connectivity index (χ0n) is 10.8. The maximum absolute atomic E-state index is 11.3. The molecule has 2 unspecified atom stereocenters. The molecular formula is C13H24O3Si. The van der Waals surface area contributed by atoms with Crippen molar-refractivity contribution in [2.75, 3.05) is 13.2 Å². The highest BCUT2D eigenvalue weighted by Gasteiger charge is 2.27. The molecule has 1 fully saturated rings. The van der Waals surface area contributed by atoms with Crippen molar-refractivity contribution in [3.63, 3.8) is 0 Å². The topological polar surface area (TPSA) is 35.5 Å². The van der Waals surface area contributed by atoms with Crippen molar-refractivity contribution in [3.05, 3.63) is 12.7 Å². The summed E-state index contributed by atoms with van der Waals surface area (Å²) < 4.78 is 11.8. The Morgan fingerprint density at radius 2 is 2.41 bits per heavy atom. The highest BCUT2D eigenvalue weighted by Crippen LogP contribution is 2.19. The Kier molecular flexibility index (Phi) is 7.40. The SMILES string of the molecule is C=CC(=O)CCC(OCCC)[SiH]1CCCCO1. The zero-order valence-corrected chi connectivity index (χ0v) is 12.0. The van der Waals surface area contributed by atoms with E-state index in [-0.39, 0.29) is 11.5 Å². The fraction of sp³-hybridized carbons (Fsp3) is 0.769. The van der Waals surface area contributed by atoms with Crippen molar-refractivity contribution in [1.82, 2.24) is 0 Å². The standard InChI is InChI=1S/C13H24O3Si/c1-3-9-15-13(8-7-12(14)4-2)17-11-6-5-10-16-17/h4,13,17H,2-3,5-11H2,1H3. The molecular weight excluding hydrogens is 232 g/mol. The molecule has 0 spiro atoms. The fourth-order valence-corrected chi connectivity index (χ4v) is 4.89. The van der Waals surface area contributed by atoms with Crippen LogP contribution in [0.2, 0.25) is 6.04 Å². The van der Waals surface area contributed by atoms with Crippen LogP contribution in [0.3, 0.4) is 0 Å². The van der Waals surface area contributed by atoms with Crippen molar-refractivity contribution in [2.45, 2.75) is 50.8 Å². The molecule has 0 aromatic heterocycles. The predicted molar refractivity (Wildman–Crippen MR) is 71.6 cm³/mol. The first-order valence-electron chi connectivity index (χ1n) is 6.66. The van der Waals surface area contributed by atoms with Gasteiger partial charge >= 0.3 is 0 Å². The maximum atomic E-state index is 11.3. The molecule has 1 aliphatic rings. The van der Waals surface area contributed by atoms with E-state index in [1.54, 1.807) is 0 Å². The summed E-state index contributed by atoms with van der Waals surface area (Å²) in [6, 6.07) is 1.19. The van der Waals surface area contributed by atoms with Gasteiger partial charge in [-0.2, -0.15) is 0 Å². The number of ketones is 1. The number of carbonyl (C=O) groups is 1. The Balaban J connectivity index is 2.40. The van der Waals surface area contributed by atoms with Gasteiger partial charge in [0.15, 0.2) is 5.78 Å². The van der Waals surface area contributed by atoms with Crippen LogP contribution in [0.15, 0.2) is 12.7 Å². The first-order chi connectivity index (χ1) is 8.27. The second-order valence-electron chi connectivity index (χ2n) is 4.52. The van der Waals surface area contributed by atoms with E-state index in [1.165, 1.54) is 25.0 Å². The van der Waals surface area contributed by atoms with Gasteiger partial charge in [0.2, 0.25) is 9.04 Å². The highest BCUT2D eigenvalue weighted by atomic mass is 28.3. The number of hydrogen-bond donors (Lipinski definition) is 0. The van der Waals surface area contributed by atoms with Crippen LogP contribution in [0.4, 0.5) is 0 Å². The number of rotatable bonds is 8. The Hall–Kier alpha value is -0.453. The number of hydrogen-bond acceptors (Lipinski definition) is 3. The number of allylic oxidation sites excluding steroid dienone is 1. The summed E-state index contributed by atoms with van der Waals surface area (Å²) in [5.41, 5.74) is 0.208. The molecule has 2 atom stereocenters. The molecule has 0 saturated carbocycles. The smallest absolute Gasteiger partial charge is 0.205 e. The number of ether oxygens (including phenoxy) is 1. The lowest BCUT2D eigenvalue weighted by Gasteiger charge is -2.29. The van der Waals surface area contributed by atoms with Gasteiger partial charge in [0, 0.05) is 19.6 Å². The molecule has 1 saturated heterocycles. The van der Waals surface area contributed by atoms with Crippen LogP contribution in [-0.2, 0) is 14.0 Å². The Morgan fingerprint density at radius 3 is 3.00 bits per heavy atom. The maximum Gasteiger partial charge on any atom is 0.205 e.